The topological polar surface area (TPSA) is 50.3 Å². The number of para-hydroxylation sites is 1. The first kappa shape index (κ1) is 16.2. The van der Waals surface area contributed by atoms with Crippen LogP contribution in [0.25, 0.3) is 10.2 Å². The molecule has 0 unspecified atom stereocenters. The Morgan fingerprint density at radius 2 is 1.88 bits per heavy atom. The zero-order valence-electron chi connectivity index (χ0n) is 12.7. The minimum Gasteiger partial charge on any atom is -0.239 e. The molecule has 7 heteroatoms. The van der Waals surface area contributed by atoms with Crippen LogP contribution in [0.1, 0.15) is 23.9 Å². The normalized spacial score (nSPS) is 19.1. The van der Waals surface area contributed by atoms with Crippen molar-refractivity contribution in [1.82, 2.24) is 9.29 Å². The van der Waals surface area contributed by atoms with E-state index in [0.29, 0.717) is 11.4 Å². The van der Waals surface area contributed by atoms with Crippen LogP contribution in [0.5, 0.6) is 0 Å². The lowest BCUT2D eigenvalue weighted by Crippen LogP contribution is -2.30. The lowest BCUT2D eigenvalue weighted by atomic mass is 10.2. The van der Waals surface area contributed by atoms with Crippen molar-refractivity contribution in [2.75, 3.05) is 6.54 Å². The summed E-state index contributed by atoms with van der Waals surface area (Å²) in [6.07, 6.45) is 1.67. The van der Waals surface area contributed by atoms with Gasteiger partial charge in [-0.25, -0.2) is 13.4 Å². The van der Waals surface area contributed by atoms with Crippen LogP contribution >= 0.6 is 27.3 Å². The van der Waals surface area contributed by atoms with Gasteiger partial charge in [0.2, 0.25) is 10.0 Å². The molecule has 1 fully saturated rings. The average Bonchev–Trinajstić information content (AvgIpc) is 3.22. The summed E-state index contributed by atoms with van der Waals surface area (Å²) in [4.78, 5) is 5.00. The Balaban J connectivity index is 1.73. The predicted octanol–water partition coefficient (Wildman–Crippen LogP) is 4.58. The molecule has 1 aromatic heterocycles. The fourth-order valence-electron chi connectivity index (χ4n) is 3.05. The molecule has 0 amide bonds. The van der Waals surface area contributed by atoms with Gasteiger partial charge in [-0.15, -0.1) is 11.3 Å². The molecule has 2 heterocycles. The molecule has 3 aromatic rings. The van der Waals surface area contributed by atoms with E-state index in [0.717, 1.165) is 32.5 Å². The molecule has 4 nitrogen and oxygen atoms in total. The summed E-state index contributed by atoms with van der Waals surface area (Å²) in [6, 6.07) is 14.6. The summed E-state index contributed by atoms with van der Waals surface area (Å²) in [5.74, 6) is 0. The SMILES string of the molecule is O=S(=O)(c1ccc(Br)cc1)N1CCC[C@@H]1c1nc2ccccc2s1. The second kappa shape index (κ2) is 6.22. The maximum atomic E-state index is 13.0. The molecule has 24 heavy (non-hydrogen) atoms. The van der Waals surface area contributed by atoms with Crippen molar-refractivity contribution in [3.05, 3.63) is 58.0 Å². The maximum absolute atomic E-state index is 13.0. The largest absolute Gasteiger partial charge is 0.243 e. The van der Waals surface area contributed by atoms with Crippen LogP contribution in [-0.2, 0) is 10.0 Å². The summed E-state index contributed by atoms with van der Waals surface area (Å²) < 4.78 is 29.6. The van der Waals surface area contributed by atoms with E-state index in [4.69, 9.17) is 0 Å². The summed E-state index contributed by atoms with van der Waals surface area (Å²) in [5.41, 5.74) is 0.936. The zero-order chi connectivity index (χ0) is 16.7. The molecule has 0 saturated carbocycles. The lowest BCUT2D eigenvalue weighted by Gasteiger charge is -2.22. The molecule has 4 rings (SSSR count). The van der Waals surface area contributed by atoms with Gasteiger partial charge in [0.25, 0.3) is 0 Å². The Morgan fingerprint density at radius 1 is 1.12 bits per heavy atom. The first-order valence-corrected chi connectivity index (χ1v) is 10.7. The van der Waals surface area contributed by atoms with Gasteiger partial charge in [0.1, 0.15) is 5.01 Å². The van der Waals surface area contributed by atoms with Gasteiger partial charge in [0, 0.05) is 11.0 Å². The van der Waals surface area contributed by atoms with E-state index in [1.54, 1.807) is 39.9 Å². The van der Waals surface area contributed by atoms with Gasteiger partial charge in [-0.2, -0.15) is 4.31 Å². The van der Waals surface area contributed by atoms with Crippen molar-refractivity contribution >= 4 is 47.5 Å². The number of hydrogen-bond acceptors (Lipinski definition) is 4. The number of halogens is 1. The average molecular weight is 423 g/mol. The molecule has 0 spiro atoms. The number of aromatic nitrogens is 1. The van der Waals surface area contributed by atoms with Crippen LogP contribution in [0.3, 0.4) is 0 Å². The van der Waals surface area contributed by atoms with E-state index in [1.165, 1.54) is 0 Å². The molecule has 1 aliphatic rings. The Hall–Kier alpha value is -1.28. The second-order valence-corrected chi connectivity index (χ2v) is 9.62. The van der Waals surface area contributed by atoms with Gasteiger partial charge >= 0.3 is 0 Å². The third-order valence-electron chi connectivity index (χ3n) is 4.22. The first-order chi connectivity index (χ1) is 11.6. The highest BCUT2D eigenvalue weighted by Crippen LogP contribution is 2.39. The van der Waals surface area contributed by atoms with Gasteiger partial charge < -0.3 is 0 Å². The smallest absolute Gasteiger partial charge is 0.239 e. The highest BCUT2D eigenvalue weighted by molar-refractivity contribution is 9.10. The lowest BCUT2D eigenvalue weighted by molar-refractivity contribution is 0.396. The van der Waals surface area contributed by atoms with Crippen molar-refractivity contribution in [2.24, 2.45) is 0 Å². The number of sulfonamides is 1. The molecule has 1 aliphatic heterocycles. The number of benzene rings is 2. The van der Waals surface area contributed by atoms with Crippen molar-refractivity contribution in [1.29, 1.82) is 0 Å². The highest BCUT2D eigenvalue weighted by Gasteiger charge is 2.37. The second-order valence-electron chi connectivity index (χ2n) is 5.75. The maximum Gasteiger partial charge on any atom is 0.243 e. The number of hydrogen-bond donors (Lipinski definition) is 0. The van der Waals surface area contributed by atoms with E-state index >= 15 is 0 Å². The molecule has 2 aromatic carbocycles. The number of rotatable bonds is 3. The fraction of sp³-hybridized carbons (Fsp3) is 0.235. The molecule has 0 N–H and O–H groups in total. The summed E-state index contributed by atoms with van der Waals surface area (Å²) >= 11 is 4.93. The highest BCUT2D eigenvalue weighted by atomic mass is 79.9. The monoisotopic (exact) mass is 422 g/mol. The zero-order valence-corrected chi connectivity index (χ0v) is 15.9. The Bertz CT molecular complexity index is 950. The third-order valence-corrected chi connectivity index (χ3v) is 7.81. The van der Waals surface area contributed by atoms with E-state index in [1.807, 2.05) is 24.3 Å². The Kier molecular flexibility index (Phi) is 4.20. The van der Waals surface area contributed by atoms with Crippen molar-refractivity contribution < 1.29 is 8.42 Å². The van der Waals surface area contributed by atoms with Crippen molar-refractivity contribution in [2.45, 2.75) is 23.8 Å². The molecule has 0 radical (unpaired) electrons. The van der Waals surface area contributed by atoms with Crippen molar-refractivity contribution in [3.8, 4) is 0 Å². The van der Waals surface area contributed by atoms with Crippen LogP contribution in [0.4, 0.5) is 0 Å². The molecule has 1 atom stereocenters. The molecular formula is C17H15BrN2O2S2. The van der Waals surface area contributed by atoms with Crippen LogP contribution in [0.2, 0.25) is 0 Å². The van der Waals surface area contributed by atoms with Crippen molar-refractivity contribution in [3.63, 3.8) is 0 Å². The van der Waals surface area contributed by atoms with Gasteiger partial charge in [-0.3, -0.25) is 0 Å². The van der Waals surface area contributed by atoms with E-state index in [-0.39, 0.29) is 6.04 Å². The molecular weight excluding hydrogens is 408 g/mol. The standard InChI is InChI=1S/C17H15BrN2O2S2/c18-12-7-9-13(10-8-12)24(21,22)20-11-3-5-15(20)17-19-14-4-1-2-6-16(14)23-17/h1-2,4,6-10,15H,3,5,11H2/t15-/m1/s1. The van der Waals surface area contributed by atoms with Gasteiger partial charge in [-0.05, 0) is 49.2 Å². The Labute approximate surface area is 153 Å². The van der Waals surface area contributed by atoms with E-state index in [9.17, 15) is 8.42 Å². The minimum absolute atomic E-state index is 0.170. The predicted molar refractivity (Wildman–Crippen MR) is 99.6 cm³/mol. The summed E-state index contributed by atoms with van der Waals surface area (Å²) in [6.45, 7) is 0.541. The van der Waals surface area contributed by atoms with Crippen LogP contribution in [-0.4, -0.2) is 24.3 Å². The number of fused-ring (bicyclic) bond motifs is 1. The van der Waals surface area contributed by atoms with Crippen LogP contribution < -0.4 is 0 Å². The van der Waals surface area contributed by atoms with Crippen LogP contribution in [0, 0.1) is 0 Å². The van der Waals surface area contributed by atoms with Gasteiger partial charge in [0.05, 0.1) is 21.2 Å². The molecule has 124 valence electrons. The Morgan fingerprint density at radius 3 is 2.62 bits per heavy atom. The third kappa shape index (κ3) is 2.79. The van der Waals surface area contributed by atoms with E-state index < -0.39 is 10.0 Å². The molecule has 0 bridgehead atoms. The van der Waals surface area contributed by atoms with E-state index in [2.05, 4.69) is 20.9 Å². The van der Waals surface area contributed by atoms with Crippen LogP contribution in [0.15, 0.2) is 57.9 Å². The van der Waals surface area contributed by atoms with Gasteiger partial charge in [-0.1, -0.05) is 28.1 Å². The first-order valence-electron chi connectivity index (χ1n) is 7.68. The quantitative estimate of drug-likeness (QED) is 0.620. The van der Waals surface area contributed by atoms with Gasteiger partial charge in [0.15, 0.2) is 0 Å². The minimum atomic E-state index is -3.51. The summed E-state index contributed by atoms with van der Waals surface area (Å²) in [7, 11) is -3.51. The summed E-state index contributed by atoms with van der Waals surface area (Å²) in [5, 5.41) is 0.884. The molecule has 0 aliphatic carbocycles. The molecule has 1 saturated heterocycles. The fourth-order valence-corrected chi connectivity index (χ4v) is 6.16. The number of thiazole rings is 1. The number of nitrogens with zero attached hydrogens (tertiary/aromatic N) is 2.